The number of nitrogens with zero attached hydrogens (tertiary/aromatic N) is 1. The molecule has 5 heteroatoms. The molecule has 0 bridgehead atoms. The molecule has 2 aromatic rings. The Morgan fingerprint density at radius 2 is 1.75 bits per heavy atom. The standard InChI is InChI=1S/C19H18FNOS2/c20-16-10-8-15(9-11-16)13-17-18(22)21(19(23)24-17)12-4-7-14-5-2-1-3-6-14/h1-3,5-6,8-11,17H,4,7,12-13H2/t17-/m0/s1. The van der Waals surface area contributed by atoms with Crippen LogP contribution in [0.4, 0.5) is 4.39 Å². The van der Waals surface area contributed by atoms with E-state index < -0.39 is 0 Å². The summed E-state index contributed by atoms with van der Waals surface area (Å²) in [5.74, 6) is -0.190. The van der Waals surface area contributed by atoms with E-state index >= 15 is 0 Å². The molecule has 3 rings (SSSR count). The summed E-state index contributed by atoms with van der Waals surface area (Å²) >= 11 is 6.81. The van der Waals surface area contributed by atoms with Crippen molar-refractivity contribution in [1.29, 1.82) is 0 Å². The third-order valence-electron chi connectivity index (χ3n) is 4.03. The molecule has 1 atom stereocenters. The smallest absolute Gasteiger partial charge is 0.241 e. The maximum absolute atomic E-state index is 13.0. The number of aryl methyl sites for hydroxylation is 1. The van der Waals surface area contributed by atoms with E-state index in [0.717, 1.165) is 18.4 Å². The summed E-state index contributed by atoms with van der Waals surface area (Å²) in [6.07, 6.45) is 2.40. The largest absolute Gasteiger partial charge is 0.297 e. The highest BCUT2D eigenvalue weighted by molar-refractivity contribution is 8.24. The van der Waals surface area contributed by atoms with E-state index in [1.54, 1.807) is 17.0 Å². The summed E-state index contributed by atoms with van der Waals surface area (Å²) in [4.78, 5) is 14.3. The zero-order chi connectivity index (χ0) is 16.9. The molecular formula is C19H18FNOS2. The van der Waals surface area contributed by atoms with Crippen molar-refractivity contribution in [3.63, 3.8) is 0 Å². The lowest BCUT2D eigenvalue weighted by atomic mass is 10.1. The van der Waals surface area contributed by atoms with Crippen LogP contribution in [0.25, 0.3) is 0 Å². The van der Waals surface area contributed by atoms with Crippen molar-refractivity contribution in [2.75, 3.05) is 6.54 Å². The predicted molar refractivity (Wildman–Crippen MR) is 101 cm³/mol. The number of amides is 1. The molecule has 1 amide bonds. The van der Waals surface area contributed by atoms with Gasteiger partial charge in [-0.1, -0.05) is 66.4 Å². The van der Waals surface area contributed by atoms with Gasteiger partial charge in [-0.2, -0.15) is 0 Å². The predicted octanol–water partition coefficient (Wildman–Crippen LogP) is 4.23. The first-order chi connectivity index (χ1) is 11.6. The maximum Gasteiger partial charge on any atom is 0.241 e. The second-order valence-electron chi connectivity index (χ2n) is 5.78. The average molecular weight is 359 g/mol. The van der Waals surface area contributed by atoms with Crippen molar-refractivity contribution in [2.24, 2.45) is 0 Å². The molecule has 0 spiro atoms. The minimum absolute atomic E-state index is 0.0717. The second kappa shape index (κ2) is 7.90. The fourth-order valence-corrected chi connectivity index (χ4v) is 4.34. The monoisotopic (exact) mass is 359 g/mol. The Bertz CT molecular complexity index is 718. The van der Waals surface area contributed by atoms with Gasteiger partial charge in [-0.25, -0.2) is 4.39 Å². The lowest BCUT2D eigenvalue weighted by molar-refractivity contribution is -0.126. The van der Waals surface area contributed by atoms with E-state index in [-0.39, 0.29) is 17.0 Å². The summed E-state index contributed by atoms with van der Waals surface area (Å²) in [6, 6.07) is 16.5. The van der Waals surface area contributed by atoms with E-state index in [1.807, 2.05) is 18.2 Å². The van der Waals surface area contributed by atoms with E-state index in [9.17, 15) is 9.18 Å². The van der Waals surface area contributed by atoms with Crippen LogP contribution in [0, 0.1) is 5.82 Å². The van der Waals surface area contributed by atoms with Crippen LogP contribution in [0.2, 0.25) is 0 Å². The van der Waals surface area contributed by atoms with Gasteiger partial charge in [0.05, 0.1) is 5.25 Å². The Hall–Kier alpha value is -1.72. The first kappa shape index (κ1) is 17.1. The molecule has 1 saturated heterocycles. The highest BCUT2D eigenvalue weighted by atomic mass is 32.2. The number of hydrogen-bond donors (Lipinski definition) is 0. The molecule has 0 aromatic heterocycles. The van der Waals surface area contributed by atoms with Gasteiger partial charge in [-0.3, -0.25) is 9.69 Å². The van der Waals surface area contributed by atoms with Crippen molar-refractivity contribution in [3.05, 3.63) is 71.5 Å². The number of carbonyl (C=O) groups is 1. The summed E-state index contributed by atoms with van der Waals surface area (Å²) in [5, 5.41) is -0.195. The minimum Gasteiger partial charge on any atom is -0.297 e. The first-order valence-electron chi connectivity index (χ1n) is 7.94. The Morgan fingerprint density at radius 3 is 2.46 bits per heavy atom. The van der Waals surface area contributed by atoms with Crippen LogP contribution in [0.1, 0.15) is 17.5 Å². The molecule has 1 aliphatic rings. The normalized spacial score (nSPS) is 17.5. The Morgan fingerprint density at radius 1 is 1.04 bits per heavy atom. The molecular weight excluding hydrogens is 341 g/mol. The fourth-order valence-electron chi connectivity index (χ4n) is 2.75. The lowest BCUT2D eigenvalue weighted by Gasteiger charge is -2.15. The van der Waals surface area contributed by atoms with Crippen LogP contribution in [-0.2, 0) is 17.6 Å². The highest BCUT2D eigenvalue weighted by Gasteiger charge is 2.36. The molecule has 2 nitrogen and oxygen atoms in total. The van der Waals surface area contributed by atoms with Crippen molar-refractivity contribution < 1.29 is 9.18 Å². The van der Waals surface area contributed by atoms with E-state index in [2.05, 4.69) is 12.1 Å². The molecule has 124 valence electrons. The minimum atomic E-state index is -0.262. The van der Waals surface area contributed by atoms with Crippen LogP contribution in [0.15, 0.2) is 54.6 Å². The van der Waals surface area contributed by atoms with Crippen molar-refractivity contribution in [1.82, 2.24) is 4.90 Å². The topological polar surface area (TPSA) is 20.3 Å². The summed E-state index contributed by atoms with van der Waals surface area (Å²) in [5.41, 5.74) is 2.22. The number of benzene rings is 2. The van der Waals surface area contributed by atoms with Gasteiger partial charge in [0.1, 0.15) is 10.1 Å². The van der Waals surface area contributed by atoms with Gasteiger partial charge in [0.2, 0.25) is 5.91 Å². The molecule has 0 radical (unpaired) electrons. The average Bonchev–Trinajstić information content (AvgIpc) is 2.85. The fraction of sp³-hybridized carbons (Fsp3) is 0.263. The summed E-state index contributed by atoms with van der Waals surface area (Å²) < 4.78 is 13.6. The van der Waals surface area contributed by atoms with Crippen LogP contribution < -0.4 is 0 Å². The molecule has 1 fully saturated rings. The molecule has 1 aliphatic heterocycles. The first-order valence-corrected chi connectivity index (χ1v) is 9.22. The zero-order valence-electron chi connectivity index (χ0n) is 13.2. The van der Waals surface area contributed by atoms with E-state index in [1.165, 1.54) is 29.5 Å². The van der Waals surface area contributed by atoms with Gasteiger partial charge >= 0.3 is 0 Å². The highest BCUT2D eigenvalue weighted by Crippen LogP contribution is 2.30. The van der Waals surface area contributed by atoms with Gasteiger partial charge in [0.25, 0.3) is 0 Å². The van der Waals surface area contributed by atoms with Crippen LogP contribution in [0.3, 0.4) is 0 Å². The van der Waals surface area contributed by atoms with Crippen LogP contribution in [0.5, 0.6) is 0 Å². The van der Waals surface area contributed by atoms with Crippen molar-refractivity contribution in [2.45, 2.75) is 24.5 Å². The van der Waals surface area contributed by atoms with Crippen LogP contribution >= 0.6 is 24.0 Å². The van der Waals surface area contributed by atoms with Crippen LogP contribution in [-0.4, -0.2) is 26.9 Å². The second-order valence-corrected chi connectivity index (χ2v) is 7.62. The molecule has 0 aliphatic carbocycles. The Kier molecular flexibility index (Phi) is 5.63. The maximum atomic E-state index is 13.0. The lowest BCUT2D eigenvalue weighted by Crippen LogP contribution is -2.33. The Balaban J connectivity index is 1.54. The van der Waals surface area contributed by atoms with Gasteiger partial charge in [0, 0.05) is 6.54 Å². The number of thioether (sulfide) groups is 1. The van der Waals surface area contributed by atoms with Gasteiger partial charge < -0.3 is 0 Å². The molecule has 0 saturated carbocycles. The number of rotatable bonds is 6. The Labute approximate surface area is 151 Å². The quantitative estimate of drug-likeness (QED) is 0.720. The molecule has 0 unspecified atom stereocenters. The van der Waals surface area contributed by atoms with Crippen molar-refractivity contribution in [3.8, 4) is 0 Å². The molecule has 1 heterocycles. The van der Waals surface area contributed by atoms with Gasteiger partial charge in [-0.05, 0) is 42.5 Å². The number of hydrogen-bond acceptors (Lipinski definition) is 3. The summed E-state index contributed by atoms with van der Waals surface area (Å²) in [6.45, 7) is 0.652. The number of halogens is 1. The third kappa shape index (κ3) is 4.22. The van der Waals surface area contributed by atoms with Gasteiger partial charge in [0.15, 0.2) is 0 Å². The third-order valence-corrected chi connectivity index (χ3v) is 5.61. The van der Waals surface area contributed by atoms with E-state index in [0.29, 0.717) is 17.3 Å². The SMILES string of the molecule is O=C1[C@H](Cc2ccc(F)cc2)SC(=S)N1CCCc1ccccc1. The molecule has 0 N–H and O–H groups in total. The molecule has 2 aromatic carbocycles. The summed E-state index contributed by atoms with van der Waals surface area (Å²) in [7, 11) is 0. The number of carbonyl (C=O) groups excluding carboxylic acids is 1. The van der Waals surface area contributed by atoms with Crippen molar-refractivity contribution >= 4 is 34.2 Å². The zero-order valence-corrected chi connectivity index (χ0v) is 14.8. The molecule has 24 heavy (non-hydrogen) atoms. The van der Waals surface area contributed by atoms with E-state index in [4.69, 9.17) is 12.2 Å². The van der Waals surface area contributed by atoms with Gasteiger partial charge in [-0.15, -0.1) is 0 Å². The number of thiocarbonyl (C=S) groups is 1.